The highest BCUT2D eigenvalue weighted by Gasteiger charge is 2.18. The number of hydrogen-bond acceptors (Lipinski definition) is 3. The van der Waals surface area contributed by atoms with Gasteiger partial charge in [-0.2, -0.15) is 0 Å². The van der Waals surface area contributed by atoms with Crippen LogP contribution in [0.5, 0.6) is 0 Å². The fourth-order valence-corrected chi connectivity index (χ4v) is 2.83. The Morgan fingerprint density at radius 1 is 1.08 bits per heavy atom. The number of carbonyl (C=O) groups excluding carboxylic acids is 1. The highest BCUT2D eigenvalue weighted by Crippen LogP contribution is 2.23. The number of pyridine rings is 1. The molecule has 1 amide bonds. The average molecular weight is 380 g/mol. The second kappa shape index (κ2) is 9.18. The summed E-state index contributed by atoms with van der Waals surface area (Å²) in [6.07, 6.45) is 0.881. The number of carbonyl (C=O) groups is 1. The Kier molecular flexibility index (Phi) is 7.24. The van der Waals surface area contributed by atoms with Crippen molar-refractivity contribution in [1.82, 2.24) is 14.8 Å². The molecule has 0 saturated carbocycles. The van der Waals surface area contributed by atoms with Gasteiger partial charge in [-0.05, 0) is 63.8 Å². The van der Waals surface area contributed by atoms with Gasteiger partial charge in [0.1, 0.15) is 5.69 Å². The van der Waals surface area contributed by atoms with E-state index in [1.807, 2.05) is 44.1 Å². The molecule has 25 heavy (non-hydrogen) atoms. The van der Waals surface area contributed by atoms with Crippen LogP contribution in [0.1, 0.15) is 28.2 Å². The van der Waals surface area contributed by atoms with Gasteiger partial charge in [0.25, 0.3) is 5.91 Å². The quantitative estimate of drug-likeness (QED) is 0.719. The molecular formula is C19H23Cl2N3O. The van der Waals surface area contributed by atoms with Crippen LogP contribution < -0.4 is 0 Å². The lowest BCUT2D eigenvalue weighted by molar-refractivity contribution is 0.0731. The maximum atomic E-state index is 12.9. The summed E-state index contributed by atoms with van der Waals surface area (Å²) < 4.78 is 0. The highest BCUT2D eigenvalue weighted by molar-refractivity contribution is 6.42. The van der Waals surface area contributed by atoms with E-state index in [-0.39, 0.29) is 5.91 Å². The van der Waals surface area contributed by atoms with Gasteiger partial charge < -0.3 is 9.80 Å². The van der Waals surface area contributed by atoms with Gasteiger partial charge >= 0.3 is 0 Å². The van der Waals surface area contributed by atoms with Crippen LogP contribution in [-0.2, 0) is 6.54 Å². The summed E-state index contributed by atoms with van der Waals surface area (Å²) in [6, 6.07) is 10.9. The van der Waals surface area contributed by atoms with Crippen molar-refractivity contribution in [3.05, 3.63) is 63.4 Å². The number of halogens is 2. The molecule has 0 aliphatic heterocycles. The van der Waals surface area contributed by atoms with Gasteiger partial charge in [0.05, 0.1) is 10.0 Å². The van der Waals surface area contributed by atoms with Gasteiger partial charge in [-0.15, -0.1) is 0 Å². The highest BCUT2D eigenvalue weighted by atomic mass is 35.5. The van der Waals surface area contributed by atoms with Crippen LogP contribution in [-0.4, -0.2) is 47.9 Å². The Labute approximate surface area is 159 Å². The predicted octanol–water partition coefficient (Wildman–Crippen LogP) is 4.29. The molecule has 4 nitrogen and oxygen atoms in total. The molecule has 0 aliphatic rings. The van der Waals surface area contributed by atoms with Crippen molar-refractivity contribution >= 4 is 29.1 Å². The lowest BCUT2D eigenvalue weighted by Crippen LogP contribution is -2.33. The summed E-state index contributed by atoms with van der Waals surface area (Å²) in [5, 5.41) is 1.00. The van der Waals surface area contributed by atoms with E-state index in [4.69, 9.17) is 23.2 Å². The zero-order valence-corrected chi connectivity index (χ0v) is 16.3. The van der Waals surface area contributed by atoms with Gasteiger partial charge in [0.15, 0.2) is 0 Å². The molecular weight excluding hydrogens is 357 g/mol. The van der Waals surface area contributed by atoms with Gasteiger partial charge in [-0.3, -0.25) is 4.79 Å². The number of rotatable bonds is 7. The van der Waals surface area contributed by atoms with E-state index in [2.05, 4.69) is 9.88 Å². The second-order valence-electron chi connectivity index (χ2n) is 6.30. The van der Waals surface area contributed by atoms with E-state index in [9.17, 15) is 4.79 Å². The number of aryl methyl sites for hydroxylation is 1. The van der Waals surface area contributed by atoms with Crippen molar-refractivity contribution in [1.29, 1.82) is 0 Å². The Morgan fingerprint density at radius 3 is 2.48 bits per heavy atom. The van der Waals surface area contributed by atoms with Crippen LogP contribution in [0.25, 0.3) is 0 Å². The first-order valence-corrected chi connectivity index (χ1v) is 8.94. The summed E-state index contributed by atoms with van der Waals surface area (Å²) in [5.74, 6) is -0.0754. The third kappa shape index (κ3) is 5.99. The molecule has 0 bridgehead atoms. The molecule has 6 heteroatoms. The first-order valence-electron chi connectivity index (χ1n) is 8.18. The van der Waals surface area contributed by atoms with Crippen LogP contribution in [0.3, 0.4) is 0 Å². The molecule has 0 unspecified atom stereocenters. The zero-order chi connectivity index (χ0) is 18.4. The second-order valence-corrected chi connectivity index (χ2v) is 7.11. The molecule has 0 radical (unpaired) electrons. The molecule has 0 fully saturated rings. The molecule has 0 saturated heterocycles. The molecule has 1 aromatic carbocycles. The first-order chi connectivity index (χ1) is 11.9. The SMILES string of the molecule is Cc1cccc(C(=O)N(CCCN(C)C)Cc2ccc(Cl)c(Cl)c2)n1. The van der Waals surface area contributed by atoms with Crippen molar-refractivity contribution in [2.75, 3.05) is 27.2 Å². The maximum absolute atomic E-state index is 12.9. The molecule has 1 heterocycles. The Morgan fingerprint density at radius 2 is 1.84 bits per heavy atom. The summed E-state index contributed by atoms with van der Waals surface area (Å²) in [5.41, 5.74) is 2.23. The largest absolute Gasteiger partial charge is 0.333 e. The summed E-state index contributed by atoms with van der Waals surface area (Å²) in [4.78, 5) is 21.2. The van der Waals surface area contributed by atoms with E-state index in [0.29, 0.717) is 28.8 Å². The lowest BCUT2D eigenvalue weighted by atomic mass is 10.2. The van der Waals surface area contributed by atoms with Gasteiger partial charge in [-0.1, -0.05) is 35.3 Å². The number of aromatic nitrogens is 1. The standard InChI is InChI=1S/C19H23Cl2N3O/c1-14-6-4-7-18(22-14)19(25)24(11-5-10-23(2)3)13-15-8-9-16(20)17(21)12-15/h4,6-9,12H,5,10-11,13H2,1-3H3. The Balaban J connectivity index is 2.19. The van der Waals surface area contributed by atoms with E-state index in [1.54, 1.807) is 18.2 Å². The monoisotopic (exact) mass is 379 g/mol. The minimum atomic E-state index is -0.0754. The summed E-state index contributed by atoms with van der Waals surface area (Å²) >= 11 is 12.1. The molecule has 0 N–H and O–H groups in total. The first kappa shape index (κ1) is 19.7. The topological polar surface area (TPSA) is 36.4 Å². The molecule has 1 aromatic heterocycles. The molecule has 2 aromatic rings. The molecule has 2 rings (SSSR count). The van der Waals surface area contributed by atoms with Crippen molar-refractivity contribution in [3.8, 4) is 0 Å². The smallest absolute Gasteiger partial charge is 0.272 e. The number of nitrogens with zero attached hydrogens (tertiary/aromatic N) is 3. The average Bonchev–Trinajstić information content (AvgIpc) is 2.56. The molecule has 0 atom stereocenters. The minimum absolute atomic E-state index is 0.0754. The third-order valence-electron chi connectivity index (χ3n) is 3.79. The third-order valence-corrected chi connectivity index (χ3v) is 4.52. The number of amides is 1. The van der Waals surface area contributed by atoms with Crippen molar-refractivity contribution in [2.24, 2.45) is 0 Å². The van der Waals surface area contributed by atoms with E-state index in [0.717, 1.165) is 24.2 Å². The Bertz CT molecular complexity index is 734. The van der Waals surface area contributed by atoms with Crippen molar-refractivity contribution in [3.63, 3.8) is 0 Å². The van der Waals surface area contributed by atoms with Crippen LogP contribution in [0.2, 0.25) is 10.0 Å². The number of benzene rings is 1. The summed E-state index contributed by atoms with van der Waals surface area (Å²) in [6.45, 7) is 3.91. The van der Waals surface area contributed by atoms with E-state index in [1.165, 1.54) is 0 Å². The van der Waals surface area contributed by atoms with Gasteiger partial charge in [0.2, 0.25) is 0 Å². The number of hydrogen-bond donors (Lipinski definition) is 0. The van der Waals surface area contributed by atoms with Crippen LogP contribution in [0, 0.1) is 6.92 Å². The minimum Gasteiger partial charge on any atom is -0.333 e. The molecule has 0 spiro atoms. The van der Waals surface area contributed by atoms with Crippen LogP contribution in [0.15, 0.2) is 36.4 Å². The zero-order valence-electron chi connectivity index (χ0n) is 14.8. The molecule has 0 aliphatic carbocycles. The predicted molar refractivity (Wildman–Crippen MR) is 103 cm³/mol. The van der Waals surface area contributed by atoms with Crippen molar-refractivity contribution in [2.45, 2.75) is 19.9 Å². The summed E-state index contributed by atoms with van der Waals surface area (Å²) in [7, 11) is 4.04. The van der Waals surface area contributed by atoms with Crippen LogP contribution >= 0.6 is 23.2 Å². The maximum Gasteiger partial charge on any atom is 0.272 e. The van der Waals surface area contributed by atoms with Crippen LogP contribution in [0.4, 0.5) is 0 Å². The van der Waals surface area contributed by atoms with E-state index < -0.39 is 0 Å². The van der Waals surface area contributed by atoms with Gasteiger partial charge in [0, 0.05) is 18.8 Å². The van der Waals surface area contributed by atoms with Crippen molar-refractivity contribution < 1.29 is 4.79 Å². The van der Waals surface area contributed by atoms with E-state index >= 15 is 0 Å². The van der Waals surface area contributed by atoms with Gasteiger partial charge in [-0.25, -0.2) is 4.98 Å². The Hall–Kier alpha value is -1.62. The molecule has 134 valence electrons. The lowest BCUT2D eigenvalue weighted by Gasteiger charge is -2.24. The normalized spacial score (nSPS) is 11.0. The fourth-order valence-electron chi connectivity index (χ4n) is 2.51. The fraction of sp³-hybridized carbons (Fsp3) is 0.368.